The second-order valence-electron chi connectivity index (χ2n) is 5.96. The average Bonchev–Trinajstić information content (AvgIpc) is 2.66. The van der Waals surface area contributed by atoms with E-state index in [9.17, 15) is 14.7 Å². The molecule has 0 fully saturated rings. The molecule has 0 unspecified atom stereocenters. The molecule has 0 aliphatic heterocycles. The van der Waals surface area contributed by atoms with Gasteiger partial charge in [-0.25, -0.2) is 4.68 Å². The minimum Gasteiger partial charge on any atom is -0.392 e. The summed E-state index contributed by atoms with van der Waals surface area (Å²) < 4.78 is 1.27. The normalized spacial score (nSPS) is 10.5. The fraction of sp³-hybridized carbons (Fsp3) is 0.150. The van der Waals surface area contributed by atoms with Gasteiger partial charge in [0, 0.05) is 11.8 Å². The van der Waals surface area contributed by atoms with E-state index in [1.165, 1.54) is 16.8 Å². The molecule has 3 rings (SSSR count). The lowest BCUT2D eigenvalue weighted by atomic mass is 10.1. The van der Waals surface area contributed by atoms with Crippen LogP contribution in [0.4, 0.5) is 5.69 Å². The molecule has 3 aromatic rings. The lowest BCUT2D eigenvalue weighted by Gasteiger charge is -2.11. The molecule has 0 aliphatic rings. The monoisotopic (exact) mass is 349 g/mol. The van der Waals surface area contributed by atoms with E-state index in [2.05, 4.69) is 10.4 Å². The average molecular weight is 349 g/mol. The quantitative estimate of drug-likeness (QED) is 0.740. The van der Waals surface area contributed by atoms with E-state index in [0.29, 0.717) is 17.8 Å². The summed E-state index contributed by atoms with van der Waals surface area (Å²) in [6.45, 7) is 2.05. The maximum Gasteiger partial charge on any atom is 0.276 e. The summed E-state index contributed by atoms with van der Waals surface area (Å²) in [5, 5.41) is 16.2. The van der Waals surface area contributed by atoms with Gasteiger partial charge in [0.1, 0.15) is 5.69 Å². The molecule has 6 heteroatoms. The van der Waals surface area contributed by atoms with Crippen molar-refractivity contribution >= 4 is 11.6 Å². The smallest absolute Gasteiger partial charge is 0.276 e. The molecule has 1 heterocycles. The van der Waals surface area contributed by atoms with Crippen molar-refractivity contribution in [2.45, 2.75) is 20.1 Å². The molecule has 0 bridgehead atoms. The van der Waals surface area contributed by atoms with E-state index in [1.54, 1.807) is 12.1 Å². The first-order chi connectivity index (χ1) is 12.6. The molecule has 0 saturated heterocycles. The first-order valence-corrected chi connectivity index (χ1v) is 8.20. The number of hydrogen-bond acceptors (Lipinski definition) is 4. The van der Waals surface area contributed by atoms with Crippen molar-refractivity contribution in [3.63, 3.8) is 0 Å². The van der Waals surface area contributed by atoms with Crippen LogP contribution in [0.5, 0.6) is 0 Å². The first-order valence-electron chi connectivity index (χ1n) is 8.20. The number of hydrogen-bond donors (Lipinski definition) is 2. The molecule has 0 radical (unpaired) electrons. The predicted molar refractivity (Wildman–Crippen MR) is 99.1 cm³/mol. The van der Waals surface area contributed by atoms with Gasteiger partial charge in [-0.15, -0.1) is 0 Å². The summed E-state index contributed by atoms with van der Waals surface area (Å²) in [5.41, 5.74) is 2.97. The number of amides is 1. The molecule has 2 N–H and O–H groups in total. The Morgan fingerprint density at radius 3 is 2.58 bits per heavy atom. The van der Waals surface area contributed by atoms with Crippen LogP contribution in [0.25, 0.3) is 0 Å². The first kappa shape index (κ1) is 17.6. The molecule has 0 saturated carbocycles. The van der Waals surface area contributed by atoms with Crippen LogP contribution in [-0.4, -0.2) is 20.8 Å². The van der Waals surface area contributed by atoms with Crippen molar-refractivity contribution in [1.29, 1.82) is 0 Å². The van der Waals surface area contributed by atoms with E-state index in [0.717, 1.165) is 11.1 Å². The molecule has 0 atom stereocenters. The molecule has 1 aromatic heterocycles. The molecule has 1 amide bonds. The van der Waals surface area contributed by atoms with Crippen LogP contribution in [0.3, 0.4) is 0 Å². The van der Waals surface area contributed by atoms with Crippen molar-refractivity contribution in [1.82, 2.24) is 9.78 Å². The van der Waals surface area contributed by atoms with E-state index in [1.807, 2.05) is 43.3 Å². The summed E-state index contributed by atoms with van der Waals surface area (Å²) in [4.78, 5) is 24.6. The summed E-state index contributed by atoms with van der Waals surface area (Å²) in [6, 6.07) is 17.5. The minimum absolute atomic E-state index is 0.108. The zero-order valence-corrected chi connectivity index (χ0v) is 14.3. The third-order valence-electron chi connectivity index (χ3n) is 4.01. The number of benzene rings is 2. The number of carbonyl (C=O) groups is 1. The van der Waals surface area contributed by atoms with Crippen molar-refractivity contribution in [2.75, 3.05) is 5.32 Å². The number of aryl methyl sites for hydroxylation is 1. The summed E-state index contributed by atoms with van der Waals surface area (Å²) >= 11 is 0. The van der Waals surface area contributed by atoms with Crippen LogP contribution in [0.1, 0.15) is 27.2 Å². The molecule has 0 aliphatic carbocycles. The number of nitrogens with one attached hydrogen (secondary N) is 1. The Bertz CT molecular complexity index is 981. The van der Waals surface area contributed by atoms with Gasteiger partial charge in [0.05, 0.1) is 13.2 Å². The maximum atomic E-state index is 12.5. The van der Waals surface area contributed by atoms with E-state index in [-0.39, 0.29) is 17.9 Å². The van der Waals surface area contributed by atoms with E-state index in [4.69, 9.17) is 0 Å². The molecular weight excluding hydrogens is 330 g/mol. The van der Waals surface area contributed by atoms with Crippen molar-refractivity contribution in [2.24, 2.45) is 0 Å². The van der Waals surface area contributed by atoms with Crippen LogP contribution in [0.2, 0.25) is 0 Å². The van der Waals surface area contributed by atoms with Gasteiger partial charge in [-0.05, 0) is 35.7 Å². The highest BCUT2D eigenvalue weighted by molar-refractivity contribution is 6.03. The largest absolute Gasteiger partial charge is 0.392 e. The highest BCUT2D eigenvalue weighted by Crippen LogP contribution is 2.17. The Morgan fingerprint density at radius 1 is 1.08 bits per heavy atom. The Morgan fingerprint density at radius 2 is 1.85 bits per heavy atom. The Balaban J connectivity index is 1.84. The summed E-state index contributed by atoms with van der Waals surface area (Å²) in [7, 11) is 0. The van der Waals surface area contributed by atoms with Gasteiger partial charge in [-0.2, -0.15) is 5.10 Å². The maximum absolute atomic E-state index is 12.5. The highest BCUT2D eigenvalue weighted by atomic mass is 16.3. The molecule has 6 nitrogen and oxygen atoms in total. The Labute approximate surface area is 150 Å². The van der Waals surface area contributed by atoms with Gasteiger partial charge in [0.2, 0.25) is 0 Å². The zero-order valence-electron chi connectivity index (χ0n) is 14.3. The molecule has 0 spiro atoms. The second-order valence-corrected chi connectivity index (χ2v) is 5.96. The van der Waals surface area contributed by atoms with E-state index < -0.39 is 5.91 Å². The third kappa shape index (κ3) is 4.04. The van der Waals surface area contributed by atoms with Crippen LogP contribution in [0.15, 0.2) is 65.5 Å². The number of rotatable bonds is 5. The minimum atomic E-state index is -0.412. The lowest BCUT2D eigenvalue weighted by molar-refractivity contribution is 0.102. The van der Waals surface area contributed by atoms with Crippen molar-refractivity contribution < 1.29 is 9.90 Å². The van der Waals surface area contributed by atoms with Crippen molar-refractivity contribution in [3.8, 4) is 0 Å². The SMILES string of the molecule is Cc1ccc(CO)cc1NC(=O)c1ccc(=O)n(Cc2ccccc2)n1. The lowest BCUT2D eigenvalue weighted by Crippen LogP contribution is -2.26. The third-order valence-corrected chi connectivity index (χ3v) is 4.01. The Kier molecular flexibility index (Phi) is 5.24. The summed E-state index contributed by atoms with van der Waals surface area (Å²) in [5.74, 6) is -0.412. The molecule has 132 valence electrons. The van der Waals surface area contributed by atoms with Gasteiger partial charge < -0.3 is 10.4 Å². The number of nitrogens with zero attached hydrogens (tertiary/aromatic N) is 2. The number of aliphatic hydroxyl groups is 1. The fourth-order valence-electron chi connectivity index (χ4n) is 2.53. The fourth-order valence-corrected chi connectivity index (χ4v) is 2.53. The van der Waals surface area contributed by atoms with Gasteiger partial charge in [0.15, 0.2) is 0 Å². The van der Waals surface area contributed by atoms with Gasteiger partial charge in [-0.1, -0.05) is 42.5 Å². The number of carbonyl (C=O) groups excluding carboxylic acids is 1. The Hall–Kier alpha value is -3.25. The zero-order chi connectivity index (χ0) is 18.5. The van der Waals surface area contributed by atoms with Gasteiger partial charge in [0.25, 0.3) is 11.5 Å². The predicted octanol–water partition coefficient (Wildman–Crippen LogP) is 2.34. The summed E-state index contributed by atoms with van der Waals surface area (Å²) in [6.07, 6.45) is 0. The standard InChI is InChI=1S/C20H19N3O3/c1-14-7-8-16(13-24)11-18(14)21-20(26)17-9-10-19(25)23(22-17)12-15-5-3-2-4-6-15/h2-11,24H,12-13H2,1H3,(H,21,26). The van der Waals surface area contributed by atoms with Crippen LogP contribution in [-0.2, 0) is 13.2 Å². The van der Waals surface area contributed by atoms with Crippen LogP contribution < -0.4 is 10.9 Å². The number of aromatic nitrogens is 2. The molecular formula is C20H19N3O3. The molecule has 26 heavy (non-hydrogen) atoms. The number of aliphatic hydroxyl groups excluding tert-OH is 1. The van der Waals surface area contributed by atoms with Gasteiger partial charge >= 0.3 is 0 Å². The van der Waals surface area contributed by atoms with Gasteiger partial charge in [-0.3, -0.25) is 9.59 Å². The van der Waals surface area contributed by atoms with Crippen LogP contribution >= 0.6 is 0 Å². The van der Waals surface area contributed by atoms with Crippen molar-refractivity contribution in [3.05, 3.63) is 93.4 Å². The second kappa shape index (κ2) is 7.76. The molecule has 2 aromatic carbocycles. The van der Waals surface area contributed by atoms with E-state index >= 15 is 0 Å². The van der Waals surface area contributed by atoms with Crippen LogP contribution in [0, 0.1) is 6.92 Å². The highest BCUT2D eigenvalue weighted by Gasteiger charge is 2.12. The number of anilines is 1. The topological polar surface area (TPSA) is 84.2 Å².